The van der Waals surface area contributed by atoms with Crippen LogP contribution in [0.2, 0.25) is 0 Å². The molecule has 3 heteroatoms. The molecule has 3 aromatic rings. The molecule has 0 spiro atoms. The van der Waals surface area contributed by atoms with Gasteiger partial charge in [0.25, 0.3) is 0 Å². The van der Waals surface area contributed by atoms with E-state index >= 15 is 0 Å². The van der Waals surface area contributed by atoms with Crippen LogP contribution in [0.3, 0.4) is 0 Å². The minimum atomic E-state index is 0.715. The van der Waals surface area contributed by atoms with Gasteiger partial charge >= 0.3 is 0 Å². The molecule has 0 radical (unpaired) electrons. The molecule has 0 heterocycles. The highest BCUT2D eigenvalue weighted by Gasteiger charge is 2.10. The van der Waals surface area contributed by atoms with Gasteiger partial charge in [0.1, 0.15) is 0 Å². The fourth-order valence-electron chi connectivity index (χ4n) is 2.44. The first-order chi connectivity index (χ1) is 10.1. The van der Waals surface area contributed by atoms with Crippen molar-refractivity contribution < 1.29 is 0 Å². The van der Waals surface area contributed by atoms with Crippen LogP contribution in [0.4, 0.5) is 17.1 Å². The molecule has 0 unspecified atom stereocenters. The SMILES string of the molecule is Nc1ccc(-c2ccc(N)cc2-c2ccccc2N)cc1. The van der Waals surface area contributed by atoms with Crippen LogP contribution in [-0.2, 0) is 0 Å². The molecule has 0 amide bonds. The predicted octanol–water partition coefficient (Wildman–Crippen LogP) is 3.77. The Labute approximate surface area is 124 Å². The average Bonchev–Trinajstić information content (AvgIpc) is 2.49. The molecule has 21 heavy (non-hydrogen) atoms. The first-order valence-electron chi connectivity index (χ1n) is 6.75. The van der Waals surface area contributed by atoms with E-state index in [1.54, 1.807) is 0 Å². The Morgan fingerprint density at radius 3 is 1.90 bits per heavy atom. The summed E-state index contributed by atoms with van der Waals surface area (Å²) in [6.45, 7) is 0. The summed E-state index contributed by atoms with van der Waals surface area (Å²) >= 11 is 0. The monoisotopic (exact) mass is 275 g/mol. The highest BCUT2D eigenvalue weighted by atomic mass is 14.6. The van der Waals surface area contributed by atoms with Crippen molar-refractivity contribution in [1.82, 2.24) is 0 Å². The van der Waals surface area contributed by atoms with Crippen molar-refractivity contribution in [3.05, 3.63) is 66.7 Å². The van der Waals surface area contributed by atoms with Gasteiger partial charge in [0, 0.05) is 22.6 Å². The summed E-state index contributed by atoms with van der Waals surface area (Å²) in [5, 5.41) is 0. The molecule has 3 nitrogen and oxygen atoms in total. The van der Waals surface area contributed by atoms with Crippen molar-refractivity contribution in [2.24, 2.45) is 0 Å². The van der Waals surface area contributed by atoms with Gasteiger partial charge in [-0.3, -0.25) is 0 Å². The quantitative estimate of drug-likeness (QED) is 0.623. The summed E-state index contributed by atoms with van der Waals surface area (Å²) < 4.78 is 0. The molecule has 0 aliphatic rings. The number of para-hydroxylation sites is 1. The molecule has 0 aliphatic heterocycles. The van der Waals surface area contributed by atoms with Crippen LogP contribution in [0.5, 0.6) is 0 Å². The minimum Gasteiger partial charge on any atom is -0.399 e. The van der Waals surface area contributed by atoms with E-state index in [1.807, 2.05) is 66.7 Å². The molecule has 104 valence electrons. The van der Waals surface area contributed by atoms with Gasteiger partial charge in [-0.1, -0.05) is 36.4 Å². The topological polar surface area (TPSA) is 78.1 Å². The van der Waals surface area contributed by atoms with Gasteiger partial charge < -0.3 is 17.2 Å². The Morgan fingerprint density at radius 1 is 0.524 bits per heavy atom. The second-order valence-electron chi connectivity index (χ2n) is 5.01. The Hall–Kier alpha value is -2.94. The first kappa shape index (κ1) is 13.1. The third-order valence-electron chi connectivity index (χ3n) is 3.52. The second-order valence-corrected chi connectivity index (χ2v) is 5.01. The number of benzene rings is 3. The van der Waals surface area contributed by atoms with Gasteiger partial charge in [0.05, 0.1) is 0 Å². The Bertz CT molecular complexity index is 777. The largest absolute Gasteiger partial charge is 0.399 e. The van der Waals surface area contributed by atoms with Crippen LogP contribution in [0, 0.1) is 0 Å². The van der Waals surface area contributed by atoms with Crippen LogP contribution in [0.25, 0.3) is 22.3 Å². The van der Waals surface area contributed by atoms with E-state index in [4.69, 9.17) is 17.2 Å². The van der Waals surface area contributed by atoms with Crippen molar-refractivity contribution in [1.29, 1.82) is 0 Å². The van der Waals surface area contributed by atoms with E-state index in [-0.39, 0.29) is 0 Å². The van der Waals surface area contributed by atoms with E-state index < -0.39 is 0 Å². The van der Waals surface area contributed by atoms with E-state index in [0.717, 1.165) is 33.6 Å². The zero-order chi connectivity index (χ0) is 14.8. The van der Waals surface area contributed by atoms with Crippen LogP contribution in [-0.4, -0.2) is 0 Å². The smallest absolute Gasteiger partial charge is 0.0393 e. The molecule has 0 saturated carbocycles. The summed E-state index contributed by atoms with van der Waals surface area (Å²) in [6.07, 6.45) is 0. The van der Waals surface area contributed by atoms with Crippen molar-refractivity contribution >= 4 is 17.1 Å². The Kier molecular flexibility index (Phi) is 3.24. The van der Waals surface area contributed by atoms with Gasteiger partial charge in [-0.15, -0.1) is 0 Å². The molecule has 6 N–H and O–H groups in total. The van der Waals surface area contributed by atoms with Crippen molar-refractivity contribution in [3.63, 3.8) is 0 Å². The maximum absolute atomic E-state index is 6.11. The highest BCUT2D eigenvalue weighted by molar-refractivity contribution is 5.90. The fraction of sp³-hybridized carbons (Fsp3) is 0. The van der Waals surface area contributed by atoms with Crippen molar-refractivity contribution in [3.8, 4) is 22.3 Å². The molecule has 0 saturated heterocycles. The van der Waals surface area contributed by atoms with E-state index in [9.17, 15) is 0 Å². The third kappa shape index (κ3) is 2.54. The van der Waals surface area contributed by atoms with E-state index in [2.05, 4.69) is 0 Å². The normalized spacial score (nSPS) is 10.5. The number of nitrogens with two attached hydrogens (primary N) is 3. The van der Waals surface area contributed by atoms with Crippen molar-refractivity contribution in [2.45, 2.75) is 0 Å². The molecule has 3 rings (SSSR count). The third-order valence-corrected chi connectivity index (χ3v) is 3.52. The van der Waals surface area contributed by atoms with Gasteiger partial charge in [0.2, 0.25) is 0 Å². The maximum Gasteiger partial charge on any atom is 0.0393 e. The standard InChI is InChI=1S/C18H17N3/c19-13-7-5-12(6-8-13)15-10-9-14(20)11-17(15)16-3-1-2-4-18(16)21/h1-11H,19-21H2. The Balaban J connectivity index is 2.23. The molecule has 0 aliphatic carbocycles. The summed E-state index contributed by atoms with van der Waals surface area (Å²) in [5.74, 6) is 0. The molecule has 0 aromatic heterocycles. The fourth-order valence-corrected chi connectivity index (χ4v) is 2.44. The number of hydrogen-bond acceptors (Lipinski definition) is 3. The van der Waals surface area contributed by atoms with E-state index in [1.165, 1.54) is 0 Å². The minimum absolute atomic E-state index is 0.715. The van der Waals surface area contributed by atoms with Crippen LogP contribution >= 0.6 is 0 Å². The van der Waals surface area contributed by atoms with Crippen molar-refractivity contribution in [2.75, 3.05) is 17.2 Å². The lowest BCUT2D eigenvalue weighted by atomic mass is 9.93. The van der Waals surface area contributed by atoms with Crippen LogP contribution < -0.4 is 17.2 Å². The molecule has 0 fully saturated rings. The summed E-state index contributed by atoms with van der Waals surface area (Å²) in [5.41, 5.74) is 24.2. The first-order valence-corrected chi connectivity index (χ1v) is 6.75. The lowest BCUT2D eigenvalue weighted by Gasteiger charge is -2.13. The lowest BCUT2D eigenvalue weighted by Crippen LogP contribution is -1.94. The number of hydrogen-bond donors (Lipinski definition) is 3. The second kappa shape index (κ2) is 5.21. The zero-order valence-corrected chi connectivity index (χ0v) is 11.6. The number of rotatable bonds is 2. The zero-order valence-electron chi connectivity index (χ0n) is 11.6. The highest BCUT2D eigenvalue weighted by Crippen LogP contribution is 2.36. The maximum atomic E-state index is 6.11. The van der Waals surface area contributed by atoms with E-state index in [0.29, 0.717) is 5.69 Å². The summed E-state index contributed by atoms with van der Waals surface area (Å²) in [7, 11) is 0. The number of anilines is 3. The summed E-state index contributed by atoms with van der Waals surface area (Å²) in [6, 6.07) is 21.5. The molecule has 3 aromatic carbocycles. The average molecular weight is 275 g/mol. The molecule has 0 bridgehead atoms. The molecular weight excluding hydrogens is 258 g/mol. The van der Waals surface area contributed by atoms with Gasteiger partial charge in [-0.05, 0) is 47.0 Å². The number of nitrogen functional groups attached to an aromatic ring is 3. The van der Waals surface area contributed by atoms with Gasteiger partial charge in [-0.25, -0.2) is 0 Å². The molecule has 0 atom stereocenters. The van der Waals surface area contributed by atoms with Gasteiger partial charge in [-0.2, -0.15) is 0 Å². The molecular formula is C18H17N3. The predicted molar refractivity (Wildman–Crippen MR) is 90.6 cm³/mol. The van der Waals surface area contributed by atoms with Crippen LogP contribution in [0.1, 0.15) is 0 Å². The van der Waals surface area contributed by atoms with Gasteiger partial charge in [0.15, 0.2) is 0 Å². The summed E-state index contributed by atoms with van der Waals surface area (Å²) in [4.78, 5) is 0. The van der Waals surface area contributed by atoms with Crippen LogP contribution in [0.15, 0.2) is 66.7 Å². The Morgan fingerprint density at radius 2 is 1.19 bits per heavy atom. The lowest BCUT2D eigenvalue weighted by molar-refractivity contribution is 1.57.